The Morgan fingerprint density at radius 1 is 0.700 bits per heavy atom. The third-order valence-electron chi connectivity index (χ3n) is 6.32. The predicted octanol–water partition coefficient (Wildman–Crippen LogP) is -0.209. The van der Waals surface area contributed by atoms with Gasteiger partial charge in [-0.15, -0.1) is 0 Å². The van der Waals surface area contributed by atoms with Crippen LogP contribution >= 0.6 is 0 Å². The predicted molar refractivity (Wildman–Crippen MR) is 99.0 cm³/mol. The van der Waals surface area contributed by atoms with E-state index in [2.05, 4.69) is 0 Å². The van der Waals surface area contributed by atoms with Crippen LogP contribution in [0.2, 0.25) is 0 Å². The van der Waals surface area contributed by atoms with Crippen molar-refractivity contribution in [3.63, 3.8) is 0 Å². The SMILES string of the molecule is CC(=O)O[C@@H]1CO[C@@H]2OCC[C@@H]21.O[C@H]1CO[C@H]2OCC[C@H]21.O[C@H]1CO[C@H]2OCC[C@H]21. The minimum absolute atomic E-state index is 0.0880. The van der Waals surface area contributed by atoms with Gasteiger partial charge in [-0.2, -0.15) is 0 Å². The third-order valence-corrected chi connectivity index (χ3v) is 6.32. The van der Waals surface area contributed by atoms with E-state index in [1.165, 1.54) is 6.92 Å². The third kappa shape index (κ3) is 5.13. The van der Waals surface area contributed by atoms with Gasteiger partial charge in [-0.25, -0.2) is 0 Å². The Labute approximate surface area is 175 Å². The number of rotatable bonds is 1. The summed E-state index contributed by atoms with van der Waals surface area (Å²) in [6, 6.07) is 0. The molecule has 172 valence electrons. The molecule has 0 aromatic heterocycles. The number of esters is 1. The fourth-order valence-corrected chi connectivity index (χ4v) is 4.65. The minimum atomic E-state index is -0.280. The molecule has 30 heavy (non-hydrogen) atoms. The van der Waals surface area contributed by atoms with Gasteiger partial charge in [-0.1, -0.05) is 0 Å². The molecule has 9 atom stereocenters. The summed E-state index contributed by atoms with van der Waals surface area (Å²) >= 11 is 0. The van der Waals surface area contributed by atoms with Gasteiger partial charge in [0.25, 0.3) is 0 Å². The molecule has 6 saturated heterocycles. The van der Waals surface area contributed by atoms with E-state index in [0.717, 1.165) is 32.5 Å². The van der Waals surface area contributed by atoms with E-state index in [1.807, 2.05) is 0 Å². The van der Waals surface area contributed by atoms with E-state index in [1.54, 1.807) is 0 Å². The van der Waals surface area contributed by atoms with E-state index >= 15 is 0 Å². The van der Waals surface area contributed by atoms with Crippen molar-refractivity contribution in [2.45, 2.75) is 63.4 Å². The van der Waals surface area contributed by atoms with Gasteiger partial charge >= 0.3 is 5.97 Å². The Bertz CT molecular complexity index is 546. The van der Waals surface area contributed by atoms with Gasteiger partial charge in [-0.3, -0.25) is 4.79 Å². The highest BCUT2D eigenvalue weighted by atomic mass is 16.7. The van der Waals surface area contributed by atoms with Gasteiger partial charge in [-0.05, 0) is 19.3 Å². The van der Waals surface area contributed by atoms with Crippen LogP contribution in [-0.2, 0) is 38.0 Å². The van der Waals surface area contributed by atoms with E-state index < -0.39 is 0 Å². The Hall–Kier alpha value is -0.850. The molecule has 0 spiro atoms. The highest BCUT2D eigenvalue weighted by Crippen LogP contribution is 2.33. The first-order valence-electron chi connectivity index (χ1n) is 10.8. The summed E-state index contributed by atoms with van der Waals surface area (Å²) in [5.74, 6) is 0.528. The molecule has 0 bridgehead atoms. The number of hydrogen-bond donors (Lipinski definition) is 2. The number of fused-ring (bicyclic) bond motifs is 3. The molecular weight excluding hydrogens is 400 g/mol. The van der Waals surface area contributed by atoms with E-state index in [0.29, 0.717) is 26.4 Å². The van der Waals surface area contributed by atoms with Gasteiger partial charge in [0.05, 0.1) is 57.8 Å². The first-order chi connectivity index (χ1) is 14.5. The van der Waals surface area contributed by atoms with Crippen molar-refractivity contribution in [1.82, 2.24) is 0 Å². The van der Waals surface area contributed by atoms with Crippen LogP contribution in [-0.4, -0.2) is 93.0 Å². The lowest BCUT2D eigenvalue weighted by Gasteiger charge is -2.13. The summed E-state index contributed by atoms with van der Waals surface area (Å²) in [4.78, 5) is 10.7. The van der Waals surface area contributed by atoms with Crippen LogP contribution in [0.3, 0.4) is 0 Å². The van der Waals surface area contributed by atoms with Crippen molar-refractivity contribution in [3.8, 4) is 0 Å². The zero-order valence-corrected chi connectivity index (χ0v) is 17.2. The fourth-order valence-electron chi connectivity index (χ4n) is 4.65. The molecular formula is C20H32O10. The van der Waals surface area contributed by atoms with E-state index in [9.17, 15) is 15.0 Å². The summed E-state index contributed by atoms with van der Waals surface area (Å²) in [7, 11) is 0. The molecule has 2 N–H and O–H groups in total. The Morgan fingerprint density at radius 3 is 1.60 bits per heavy atom. The standard InChI is InChI=1S/C8H12O4.2C6H10O3/c1-5(9)12-7-4-11-8-6(7)2-3-10-8;2*7-5-3-9-6-4(5)1-2-8-6/h6-8H,2-4H2,1H3;2*4-7H,1-3H2/t6-,7-,8+;2*4-,5-,6+/m100/s1. The maximum atomic E-state index is 10.7. The summed E-state index contributed by atoms with van der Waals surface area (Å²) in [5, 5.41) is 18.4. The molecule has 10 nitrogen and oxygen atoms in total. The second-order valence-corrected chi connectivity index (χ2v) is 8.36. The number of hydrogen-bond acceptors (Lipinski definition) is 10. The number of aliphatic hydroxyl groups excluding tert-OH is 2. The van der Waals surface area contributed by atoms with Crippen molar-refractivity contribution < 1.29 is 48.2 Å². The number of ether oxygens (including phenoxy) is 7. The van der Waals surface area contributed by atoms with Crippen LogP contribution in [0.4, 0.5) is 0 Å². The topological polar surface area (TPSA) is 122 Å². The maximum Gasteiger partial charge on any atom is 0.302 e. The van der Waals surface area contributed by atoms with E-state index in [4.69, 9.17) is 33.2 Å². The average molecular weight is 432 g/mol. The lowest BCUT2D eigenvalue weighted by atomic mass is 10.0. The van der Waals surface area contributed by atoms with Crippen LogP contribution < -0.4 is 0 Å². The summed E-state index contributed by atoms with van der Waals surface area (Å²) in [6.07, 6.45) is 1.86. The lowest BCUT2D eigenvalue weighted by molar-refractivity contribution is -0.147. The lowest BCUT2D eigenvalue weighted by Crippen LogP contribution is -2.25. The van der Waals surface area contributed by atoms with Crippen LogP contribution in [0.5, 0.6) is 0 Å². The largest absolute Gasteiger partial charge is 0.460 e. The molecule has 0 aromatic rings. The molecule has 0 saturated carbocycles. The van der Waals surface area contributed by atoms with Gasteiger partial charge in [0.1, 0.15) is 6.10 Å². The molecule has 0 aromatic carbocycles. The Balaban J connectivity index is 0.000000111. The maximum absolute atomic E-state index is 10.7. The highest BCUT2D eigenvalue weighted by Gasteiger charge is 2.43. The monoisotopic (exact) mass is 432 g/mol. The molecule has 6 fully saturated rings. The van der Waals surface area contributed by atoms with Crippen molar-refractivity contribution in [1.29, 1.82) is 0 Å². The van der Waals surface area contributed by atoms with Crippen molar-refractivity contribution >= 4 is 5.97 Å². The Kier molecular flexibility index (Phi) is 7.58. The van der Waals surface area contributed by atoms with Gasteiger partial charge < -0.3 is 43.4 Å². The van der Waals surface area contributed by atoms with Crippen molar-refractivity contribution in [3.05, 3.63) is 0 Å². The van der Waals surface area contributed by atoms with Crippen molar-refractivity contribution in [2.24, 2.45) is 17.8 Å². The molecule has 0 aliphatic carbocycles. The zero-order chi connectivity index (χ0) is 21.1. The second kappa shape index (κ2) is 10.2. The Morgan fingerprint density at radius 2 is 1.13 bits per heavy atom. The van der Waals surface area contributed by atoms with Crippen LogP contribution in [0.15, 0.2) is 0 Å². The quantitative estimate of drug-likeness (QED) is 0.538. The smallest absolute Gasteiger partial charge is 0.302 e. The minimum Gasteiger partial charge on any atom is -0.460 e. The molecule has 6 rings (SSSR count). The zero-order valence-electron chi connectivity index (χ0n) is 17.2. The average Bonchev–Trinajstić information content (AvgIpc) is 3.50. The number of carbonyl (C=O) groups is 1. The molecule has 0 amide bonds. The van der Waals surface area contributed by atoms with Gasteiger partial charge in [0.15, 0.2) is 18.9 Å². The van der Waals surface area contributed by atoms with Crippen LogP contribution in [0.25, 0.3) is 0 Å². The summed E-state index contributed by atoms with van der Waals surface area (Å²) in [5.41, 5.74) is 0. The van der Waals surface area contributed by atoms with Crippen LogP contribution in [0, 0.1) is 17.8 Å². The molecule has 6 aliphatic heterocycles. The molecule has 0 unspecified atom stereocenters. The number of carbonyl (C=O) groups excluding carboxylic acids is 1. The fraction of sp³-hybridized carbons (Fsp3) is 0.950. The normalized spacial score (nSPS) is 45.6. The molecule has 10 heteroatoms. The molecule has 6 heterocycles. The first kappa shape index (κ1) is 22.3. The highest BCUT2D eigenvalue weighted by molar-refractivity contribution is 5.66. The second-order valence-electron chi connectivity index (χ2n) is 8.36. The molecule has 0 radical (unpaired) electrons. The number of aliphatic hydroxyl groups is 2. The van der Waals surface area contributed by atoms with Crippen molar-refractivity contribution in [2.75, 3.05) is 39.6 Å². The van der Waals surface area contributed by atoms with Gasteiger partial charge in [0.2, 0.25) is 0 Å². The summed E-state index contributed by atoms with van der Waals surface area (Å²) in [6.45, 7) is 5.01. The van der Waals surface area contributed by atoms with E-state index in [-0.39, 0.29) is 60.9 Å². The van der Waals surface area contributed by atoms with Crippen LogP contribution in [0.1, 0.15) is 26.2 Å². The van der Waals surface area contributed by atoms with Gasteiger partial charge in [0, 0.05) is 18.8 Å². The molecule has 6 aliphatic rings. The first-order valence-corrected chi connectivity index (χ1v) is 10.8. The summed E-state index contributed by atoms with van der Waals surface area (Å²) < 4.78 is 36.2.